The van der Waals surface area contributed by atoms with Gasteiger partial charge in [-0.1, -0.05) is 29.8 Å². The lowest BCUT2D eigenvalue weighted by molar-refractivity contribution is -0.0592. The number of carbonyl (C=O) groups is 1. The maximum absolute atomic E-state index is 15.2. The van der Waals surface area contributed by atoms with Crippen molar-refractivity contribution in [2.24, 2.45) is 0 Å². The summed E-state index contributed by atoms with van der Waals surface area (Å²) in [5, 5.41) is 0.295. The van der Waals surface area contributed by atoms with E-state index in [2.05, 4.69) is 21.5 Å². The summed E-state index contributed by atoms with van der Waals surface area (Å²) in [6.07, 6.45) is 2.86. The lowest BCUT2D eigenvalue weighted by Gasteiger charge is -2.39. The zero-order chi connectivity index (χ0) is 32.0. The fraction of sp³-hybridized carbons (Fsp3) is 0.389. The zero-order valence-electron chi connectivity index (χ0n) is 25.9. The van der Waals surface area contributed by atoms with Gasteiger partial charge in [0, 0.05) is 22.8 Å². The maximum Gasteiger partial charge on any atom is 0.337 e. The molecule has 2 fully saturated rings. The smallest absolute Gasteiger partial charge is 0.337 e. The van der Waals surface area contributed by atoms with Crippen LogP contribution >= 0.6 is 11.6 Å². The van der Waals surface area contributed by atoms with Crippen LogP contribution in [0.2, 0.25) is 5.02 Å². The molecular formula is C36H35ClFN3O5. The molecule has 46 heavy (non-hydrogen) atoms. The minimum atomic E-state index is -1.02. The van der Waals surface area contributed by atoms with Gasteiger partial charge in [0.2, 0.25) is 0 Å². The van der Waals surface area contributed by atoms with Crippen LogP contribution in [0.4, 0.5) is 4.39 Å². The fourth-order valence-electron chi connectivity index (χ4n) is 7.14. The molecule has 238 valence electrons. The third-order valence-corrected chi connectivity index (χ3v) is 10.1. The van der Waals surface area contributed by atoms with E-state index in [0.29, 0.717) is 40.6 Å². The highest BCUT2D eigenvalue weighted by Gasteiger charge is 2.43. The molecule has 7 rings (SSSR count). The highest BCUT2D eigenvalue weighted by molar-refractivity contribution is 6.30. The second-order valence-corrected chi connectivity index (χ2v) is 13.0. The number of esters is 1. The molecule has 3 aromatic carbocycles. The molecule has 4 heterocycles. The second-order valence-electron chi connectivity index (χ2n) is 12.6. The number of piperidine rings is 1. The van der Waals surface area contributed by atoms with Crippen molar-refractivity contribution < 1.29 is 28.2 Å². The van der Waals surface area contributed by atoms with E-state index in [1.165, 1.54) is 13.2 Å². The molecule has 0 spiro atoms. The van der Waals surface area contributed by atoms with Crippen molar-refractivity contribution in [1.29, 1.82) is 0 Å². The predicted molar refractivity (Wildman–Crippen MR) is 172 cm³/mol. The van der Waals surface area contributed by atoms with Gasteiger partial charge < -0.3 is 18.8 Å². The van der Waals surface area contributed by atoms with E-state index in [-0.39, 0.29) is 24.6 Å². The van der Waals surface area contributed by atoms with Crippen LogP contribution in [-0.2, 0) is 32.8 Å². The molecule has 0 bridgehead atoms. The standard InChI is InChI=1S/C36H35ClFN3O5/c1-36(27-8-7-24(37)17-29(27)38)21-46-32-5-3-4-26(34(32)28(36)20-42)22-10-13-40(14-11-22)19-33-39-30-9-6-23(35(43)44-2)16-31(30)41(33)18-25-12-15-45-25/h3-9,16-17,22,25H,10-15,18-19,21H2,1-2H3/t25-,36?/m0/s1. The van der Waals surface area contributed by atoms with E-state index in [1.807, 2.05) is 31.2 Å². The summed E-state index contributed by atoms with van der Waals surface area (Å²) >= 11 is 6.04. The number of benzene rings is 3. The summed E-state index contributed by atoms with van der Waals surface area (Å²) in [5.41, 5.74) is 3.73. The largest absolute Gasteiger partial charge is 0.492 e. The van der Waals surface area contributed by atoms with Crippen molar-refractivity contribution in [1.82, 2.24) is 14.5 Å². The molecule has 0 aliphatic carbocycles. The number of ether oxygens (including phenoxy) is 3. The summed E-state index contributed by atoms with van der Waals surface area (Å²) < 4.78 is 34.3. The van der Waals surface area contributed by atoms with Crippen LogP contribution in [0.15, 0.2) is 54.6 Å². The number of fused-ring (bicyclic) bond motifs is 2. The van der Waals surface area contributed by atoms with Gasteiger partial charge in [0.15, 0.2) is 0 Å². The van der Waals surface area contributed by atoms with Crippen molar-refractivity contribution in [2.45, 2.75) is 56.7 Å². The molecule has 0 radical (unpaired) electrons. The second kappa shape index (κ2) is 12.3. The first-order valence-electron chi connectivity index (χ1n) is 15.7. The Morgan fingerprint density at radius 2 is 1.96 bits per heavy atom. The maximum atomic E-state index is 15.2. The van der Waals surface area contributed by atoms with Crippen LogP contribution in [0.3, 0.4) is 0 Å². The van der Waals surface area contributed by atoms with Gasteiger partial charge in [-0.2, -0.15) is 0 Å². The lowest BCUT2D eigenvalue weighted by Crippen LogP contribution is -2.38. The highest BCUT2D eigenvalue weighted by atomic mass is 35.5. The molecule has 3 aliphatic rings. The molecule has 0 N–H and O–H groups in total. The number of hydrogen-bond acceptors (Lipinski definition) is 7. The normalized spacial score (nSPS) is 21.7. The van der Waals surface area contributed by atoms with Gasteiger partial charge in [-0.05, 0) is 87.2 Å². The average molecular weight is 644 g/mol. The van der Waals surface area contributed by atoms with Gasteiger partial charge in [0.05, 0.1) is 53.9 Å². The monoisotopic (exact) mass is 643 g/mol. The third kappa shape index (κ3) is 5.41. The summed E-state index contributed by atoms with van der Waals surface area (Å²) in [6.45, 7) is 5.71. The third-order valence-electron chi connectivity index (χ3n) is 9.82. The Kier molecular flexibility index (Phi) is 8.19. The molecule has 4 aromatic rings. The molecular weight excluding hydrogens is 609 g/mol. The highest BCUT2D eigenvalue weighted by Crippen LogP contribution is 2.49. The van der Waals surface area contributed by atoms with Crippen LogP contribution in [0.25, 0.3) is 16.6 Å². The fourth-order valence-corrected chi connectivity index (χ4v) is 7.29. The Hall–Kier alpha value is -4.01. The first-order valence-corrected chi connectivity index (χ1v) is 16.1. The summed E-state index contributed by atoms with van der Waals surface area (Å²) in [5.74, 6) is 3.09. The van der Waals surface area contributed by atoms with Crippen LogP contribution in [0.1, 0.15) is 65.0 Å². The van der Waals surface area contributed by atoms with Crippen LogP contribution in [0.5, 0.6) is 5.75 Å². The molecule has 0 saturated carbocycles. The van der Waals surface area contributed by atoms with Crippen LogP contribution < -0.4 is 4.74 Å². The Morgan fingerprint density at radius 3 is 2.65 bits per heavy atom. The van der Waals surface area contributed by atoms with E-state index >= 15 is 4.39 Å². The molecule has 0 amide bonds. The Morgan fingerprint density at radius 1 is 1.15 bits per heavy atom. The van der Waals surface area contributed by atoms with E-state index in [0.717, 1.165) is 66.9 Å². The SMILES string of the molecule is COC(=O)c1ccc2nc(CN3CCC(c4cccc5c4C(=C=O)C(C)(c4ccc(Cl)cc4F)CO5)CC3)n(C[C@@H]3CCO3)c2c1. The Balaban J connectivity index is 1.13. The number of nitrogens with zero attached hydrogens (tertiary/aromatic N) is 3. The summed E-state index contributed by atoms with van der Waals surface area (Å²) in [6, 6.07) is 15.9. The Labute approximate surface area is 271 Å². The van der Waals surface area contributed by atoms with Crippen LogP contribution in [-0.4, -0.2) is 65.9 Å². The quantitative estimate of drug-likeness (QED) is 0.171. The minimum Gasteiger partial charge on any atom is -0.492 e. The first kappa shape index (κ1) is 30.6. The van der Waals surface area contributed by atoms with Gasteiger partial charge in [-0.3, -0.25) is 4.90 Å². The molecule has 2 atom stereocenters. The van der Waals surface area contributed by atoms with Crippen molar-refractivity contribution >= 4 is 40.1 Å². The molecule has 1 unspecified atom stereocenters. The number of imidazole rings is 1. The zero-order valence-corrected chi connectivity index (χ0v) is 26.6. The van der Waals surface area contributed by atoms with E-state index < -0.39 is 11.2 Å². The van der Waals surface area contributed by atoms with E-state index in [4.69, 9.17) is 30.8 Å². The number of aromatic nitrogens is 2. The first-order chi connectivity index (χ1) is 22.3. The van der Waals surface area contributed by atoms with Crippen molar-refractivity contribution in [2.75, 3.05) is 33.4 Å². The minimum absolute atomic E-state index is 0.124. The number of likely N-dealkylation sites (tertiary alicyclic amines) is 1. The van der Waals surface area contributed by atoms with Gasteiger partial charge in [0.25, 0.3) is 0 Å². The van der Waals surface area contributed by atoms with Gasteiger partial charge >= 0.3 is 5.97 Å². The Bertz CT molecular complexity index is 1870. The van der Waals surface area contributed by atoms with Crippen molar-refractivity contribution in [3.05, 3.63) is 93.5 Å². The van der Waals surface area contributed by atoms with Crippen molar-refractivity contribution in [3.8, 4) is 5.75 Å². The van der Waals surface area contributed by atoms with Gasteiger partial charge in [-0.25, -0.2) is 19.0 Å². The number of carbonyl (C=O) groups excluding carboxylic acids is 2. The predicted octanol–water partition coefficient (Wildman–Crippen LogP) is 6.35. The van der Waals surface area contributed by atoms with Crippen molar-refractivity contribution in [3.63, 3.8) is 0 Å². The summed E-state index contributed by atoms with van der Waals surface area (Å²) in [7, 11) is 1.38. The number of hydrogen-bond donors (Lipinski definition) is 0. The molecule has 2 saturated heterocycles. The number of methoxy groups -OCH3 is 1. The van der Waals surface area contributed by atoms with Gasteiger partial charge in [-0.15, -0.1) is 0 Å². The molecule has 8 nitrogen and oxygen atoms in total. The molecule has 3 aliphatic heterocycles. The number of halogens is 2. The average Bonchev–Trinajstić information content (AvgIpc) is 3.38. The van der Waals surface area contributed by atoms with Crippen LogP contribution in [0, 0.1) is 5.82 Å². The lowest BCUT2D eigenvalue weighted by atomic mass is 9.70. The molecule has 10 heteroatoms. The summed E-state index contributed by atoms with van der Waals surface area (Å²) in [4.78, 5) is 32.3. The number of rotatable bonds is 7. The van der Waals surface area contributed by atoms with E-state index in [9.17, 15) is 9.59 Å². The topological polar surface area (TPSA) is 82.9 Å². The molecule has 1 aromatic heterocycles. The van der Waals surface area contributed by atoms with E-state index in [1.54, 1.807) is 18.2 Å². The van der Waals surface area contributed by atoms with Gasteiger partial charge in [0.1, 0.15) is 29.9 Å².